The smallest absolute Gasteiger partial charge is 0.264 e. The summed E-state index contributed by atoms with van der Waals surface area (Å²) in [7, 11) is -3.65. The number of hydrogen-bond donors (Lipinski definition) is 0. The van der Waals surface area contributed by atoms with Gasteiger partial charge in [0.15, 0.2) is 0 Å². The predicted octanol–water partition coefficient (Wildman–Crippen LogP) is 4.50. The van der Waals surface area contributed by atoms with E-state index in [4.69, 9.17) is 4.74 Å². The molecule has 31 heavy (non-hydrogen) atoms. The molecule has 6 heteroatoms. The Morgan fingerprint density at radius 1 is 1.06 bits per heavy atom. The van der Waals surface area contributed by atoms with Crippen molar-refractivity contribution in [3.05, 3.63) is 65.2 Å². The van der Waals surface area contributed by atoms with E-state index < -0.39 is 10.0 Å². The van der Waals surface area contributed by atoms with Crippen LogP contribution in [0.15, 0.2) is 53.4 Å². The largest absolute Gasteiger partial charge is 0.379 e. The number of sulfonamides is 1. The Morgan fingerprint density at radius 2 is 1.74 bits per heavy atom. The minimum absolute atomic E-state index is 0.206. The molecule has 2 aromatic rings. The number of morpholine rings is 1. The van der Waals surface area contributed by atoms with E-state index in [0.29, 0.717) is 11.4 Å². The van der Waals surface area contributed by atoms with E-state index >= 15 is 0 Å². The molecule has 5 nitrogen and oxygen atoms in total. The van der Waals surface area contributed by atoms with Gasteiger partial charge in [-0.25, -0.2) is 8.42 Å². The van der Waals surface area contributed by atoms with Crippen LogP contribution < -0.4 is 4.31 Å². The summed E-state index contributed by atoms with van der Waals surface area (Å²) in [6.45, 7) is 12.8. The molecule has 0 bridgehead atoms. The maximum absolute atomic E-state index is 13.5. The Morgan fingerprint density at radius 3 is 2.35 bits per heavy atom. The van der Waals surface area contributed by atoms with Gasteiger partial charge in [0.05, 0.1) is 23.8 Å². The molecule has 0 amide bonds. The van der Waals surface area contributed by atoms with Crippen LogP contribution in [0.3, 0.4) is 0 Å². The van der Waals surface area contributed by atoms with Crippen molar-refractivity contribution >= 4 is 21.8 Å². The fraction of sp³-hybridized carbons (Fsp3) is 0.440. The van der Waals surface area contributed by atoms with Crippen molar-refractivity contribution < 1.29 is 13.2 Å². The normalized spacial score (nSPS) is 15.6. The van der Waals surface area contributed by atoms with Crippen LogP contribution in [0.5, 0.6) is 0 Å². The Kier molecular flexibility index (Phi) is 7.92. The summed E-state index contributed by atoms with van der Waals surface area (Å²) in [5, 5.41) is 0. The number of benzene rings is 2. The van der Waals surface area contributed by atoms with Crippen LogP contribution in [0.2, 0.25) is 0 Å². The SMILES string of the molecule is Cc1ccc(N(CC(C)C)S(=O)(=O)c2ccc(C=CCN3CCOCC3)cc2)c(C)c1. The summed E-state index contributed by atoms with van der Waals surface area (Å²) < 4.78 is 34.0. The molecular weight excluding hydrogens is 408 g/mol. The molecule has 1 aliphatic heterocycles. The Bertz CT molecular complexity index is 992. The summed E-state index contributed by atoms with van der Waals surface area (Å²) in [5.74, 6) is 0.206. The minimum atomic E-state index is -3.65. The zero-order chi connectivity index (χ0) is 22.4. The van der Waals surface area contributed by atoms with Crippen LogP contribution in [0.1, 0.15) is 30.5 Å². The van der Waals surface area contributed by atoms with Crippen LogP contribution in [0, 0.1) is 19.8 Å². The molecule has 168 valence electrons. The molecule has 0 unspecified atom stereocenters. The molecule has 0 saturated carbocycles. The maximum atomic E-state index is 13.5. The van der Waals surface area contributed by atoms with E-state index in [0.717, 1.165) is 55.2 Å². The molecule has 0 spiro atoms. The number of aryl methyl sites for hydroxylation is 2. The molecule has 0 N–H and O–H groups in total. The van der Waals surface area contributed by atoms with Gasteiger partial charge in [-0.1, -0.05) is 55.8 Å². The fourth-order valence-corrected chi connectivity index (χ4v) is 5.44. The first-order valence-electron chi connectivity index (χ1n) is 10.9. The summed E-state index contributed by atoms with van der Waals surface area (Å²) in [4.78, 5) is 2.66. The Hall–Kier alpha value is -2.15. The molecule has 2 aromatic carbocycles. The van der Waals surface area contributed by atoms with Crippen LogP contribution in [0.25, 0.3) is 6.08 Å². The van der Waals surface area contributed by atoms with E-state index in [1.54, 1.807) is 16.4 Å². The molecule has 1 aliphatic rings. The zero-order valence-electron chi connectivity index (χ0n) is 19.0. The monoisotopic (exact) mass is 442 g/mol. The minimum Gasteiger partial charge on any atom is -0.379 e. The Labute approximate surface area is 187 Å². The number of anilines is 1. The third kappa shape index (κ3) is 6.19. The van der Waals surface area contributed by atoms with Gasteiger partial charge in [0, 0.05) is 26.2 Å². The lowest BCUT2D eigenvalue weighted by Gasteiger charge is -2.28. The lowest BCUT2D eigenvalue weighted by molar-refractivity contribution is 0.0435. The summed E-state index contributed by atoms with van der Waals surface area (Å²) in [5.41, 5.74) is 3.83. The molecule has 0 aliphatic carbocycles. The number of rotatable bonds is 8. The zero-order valence-corrected chi connectivity index (χ0v) is 19.9. The third-order valence-electron chi connectivity index (χ3n) is 5.40. The summed E-state index contributed by atoms with van der Waals surface area (Å²) in [6.07, 6.45) is 4.16. The van der Waals surface area contributed by atoms with Crippen LogP contribution in [0.4, 0.5) is 5.69 Å². The van der Waals surface area contributed by atoms with Crippen LogP contribution >= 0.6 is 0 Å². The summed E-state index contributed by atoms with van der Waals surface area (Å²) >= 11 is 0. The van der Waals surface area contributed by atoms with Crippen molar-refractivity contribution in [2.45, 2.75) is 32.6 Å². The van der Waals surface area contributed by atoms with Gasteiger partial charge in [-0.15, -0.1) is 0 Å². The van der Waals surface area contributed by atoms with Crippen LogP contribution in [-0.2, 0) is 14.8 Å². The van der Waals surface area contributed by atoms with Crippen molar-refractivity contribution in [2.75, 3.05) is 43.7 Å². The van der Waals surface area contributed by atoms with Gasteiger partial charge in [-0.2, -0.15) is 0 Å². The van der Waals surface area contributed by atoms with Gasteiger partial charge in [0.2, 0.25) is 0 Å². The molecule has 1 fully saturated rings. The highest BCUT2D eigenvalue weighted by atomic mass is 32.2. The number of hydrogen-bond acceptors (Lipinski definition) is 4. The van der Waals surface area contributed by atoms with Crippen LogP contribution in [-0.4, -0.2) is 52.7 Å². The lowest BCUT2D eigenvalue weighted by Crippen LogP contribution is -2.36. The van der Waals surface area contributed by atoms with Crippen molar-refractivity contribution in [2.24, 2.45) is 5.92 Å². The lowest BCUT2D eigenvalue weighted by atomic mass is 10.1. The molecule has 0 radical (unpaired) electrons. The van der Waals surface area contributed by atoms with Crippen molar-refractivity contribution in [1.82, 2.24) is 4.90 Å². The van der Waals surface area contributed by atoms with Gasteiger partial charge in [-0.05, 0) is 49.1 Å². The highest BCUT2D eigenvalue weighted by Crippen LogP contribution is 2.29. The second kappa shape index (κ2) is 10.4. The molecule has 0 aromatic heterocycles. The van der Waals surface area contributed by atoms with Gasteiger partial charge >= 0.3 is 0 Å². The van der Waals surface area contributed by atoms with E-state index in [1.807, 2.05) is 64.1 Å². The van der Waals surface area contributed by atoms with Gasteiger partial charge < -0.3 is 4.74 Å². The van der Waals surface area contributed by atoms with Gasteiger partial charge in [-0.3, -0.25) is 9.21 Å². The summed E-state index contributed by atoms with van der Waals surface area (Å²) in [6, 6.07) is 13.1. The standard InChI is InChI=1S/C25H34N2O3S/c1-20(2)19-27(25-12-7-21(3)18-22(25)4)31(28,29)24-10-8-23(9-11-24)6-5-13-26-14-16-30-17-15-26/h5-12,18,20H,13-17,19H2,1-4H3. The maximum Gasteiger partial charge on any atom is 0.264 e. The molecule has 3 rings (SSSR count). The third-order valence-corrected chi connectivity index (χ3v) is 7.19. The molecule has 0 atom stereocenters. The first kappa shape index (κ1) is 23.5. The number of nitrogens with zero attached hydrogens (tertiary/aromatic N) is 2. The van der Waals surface area contributed by atoms with Gasteiger partial charge in [0.1, 0.15) is 0 Å². The van der Waals surface area contributed by atoms with Crippen molar-refractivity contribution in [3.63, 3.8) is 0 Å². The average Bonchev–Trinajstić information content (AvgIpc) is 2.73. The van der Waals surface area contributed by atoms with E-state index in [1.165, 1.54) is 0 Å². The molecule has 1 saturated heterocycles. The number of ether oxygens (including phenoxy) is 1. The van der Waals surface area contributed by atoms with Gasteiger partial charge in [0.25, 0.3) is 10.0 Å². The first-order chi connectivity index (χ1) is 14.8. The Balaban J connectivity index is 1.79. The topological polar surface area (TPSA) is 49.9 Å². The second-order valence-corrected chi connectivity index (χ2v) is 10.5. The predicted molar refractivity (Wildman–Crippen MR) is 128 cm³/mol. The highest BCUT2D eigenvalue weighted by molar-refractivity contribution is 7.92. The van der Waals surface area contributed by atoms with E-state index in [9.17, 15) is 8.42 Å². The molecule has 1 heterocycles. The van der Waals surface area contributed by atoms with E-state index in [2.05, 4.69) is 11.0 Å². The van der Waals surface area contributed by atoms with Crippen molar-refractivity contribution in [3.8, 4) is 0 Å². The van der Waals surface area contributed by atoms with Crippen molar-refractivity contribution in [1.29, 1.82) is 0 Å². The van der Waals surface area contributed by atoms with E-state index in [-0.39, 0.29) is 5.92 Å². The second-order valence-electron chi connectivity index (χ2n) is 8.60. The fourth-order valence-electron chi connectivity index (χ4n) is 3.74. The molecular formula is C25H34N2O3S. The first-order valence-corrected chi connectivity index (χ1v) is 12.4. The average molecular weight is 443 g/mol. The quantitative estimate of drug-likeness (QED) is 0.604. The highest BCUT2D eigenvalue weighted by Gasteiger charge is 2.26.